The maximum absolute atomic E-state index is 12.5. The number of esters is 1. The van der Waals surface area contributed by atoms with Crippen molar-refractivity contribution in [2.45, 2.75) is 13.0 Å². The minimum atomic E-state index is -0.356. The molecule has 0 bridgehead atoms. The van der Waals surface area contributed by atoms with Crippen LogP contribution < -0.4 is 19.3 Å². The van der Waals surface area contributed by atoms with Gasteiger partial charge in [-0.05, 0) is 55.5 Å². The SMILES string of the molecule is CCOC(=O)C1CN(c2ccc(OC)cc2)CN1c1ccc(OC)cc1. The van der Waals surface area contributed by atoms with Gasteiger partial charge in [-0.1, -0.05) is 0 Å². The molecule has 0 amide bonds. The number of ether oxygens (including phenoxy) is 3. The molecule has 0 N–H and O–H groups in total. The predicted molar refractivity (Wildman–Crippen MR) is 101 cm³/mol. The van der Waals surface area contributed by atoms with Crippen molar-refractivity contribution < 1.29 is 19.0 Å². The average molecular weight is 356 g/mol. The minimum Gasteiger partial charge on any atom is -0.497 e. The van der Waals surface area contributed by atoms with Gasteiger partial charge in [0.2, 0.25) is 0 Å². The molecule has 3 rings (SSSR count). The van der Waals surface area contributed by atoms with E-state index in [2.05, 4.69) is 9.80 Å². The van der Waals surface area contributed by atoms with E-state index in [0.29, 0.717) is 19.8 Å². The first-order valence-electron chi connectivity index (χ1n) is 8.62. The predicted octanol–water partition coefficient (Wildman–Crippen LogP) is 2.92. The summed E-state index contributed by atoms with van der Waals surface area (Å²) >= 11 is 0. The quantitative estimate of drug-likeness (QED) is 0.742. The number of hydrogen-bond acceptors (Lipinski definition) is 6. The molecular formula is C20H24N2O4. The molecule has 1 atom stereocenters. The molecule has 138 valence electrons. The van der Waals surface area contributed by atoms with Crippen LogP contribution in [0.3, 0.4) is 0 Å². The third kappa shape index (κ3) is 3.69. The molecule has 0 aromatic heterocycles. The van der Waals surface area contributed by atoms with Crippen molar-refractivity contribution in [1.82, 2.24) is 0 Å². The van der Waals surface area contributed by atoms with E-state index in [1.165, 1.54) is 0 Å². The highest BCUT2D eigenvalue weighted by molar-refractivity contribution is 5.83. The van der Waals surface area contributed by atoms with Crippen molar-refractivity contribution in [3.63, 3.8) is 0 Å². The maximum atomic E-state index is 12.5. The fourth-order valence-corrected chi connectivity index (χ4v) is 3.10. The fourth-order valence-electron chi connectivity index (χ4n) is 3.10. The van der Waals surface area contributed by atoms with Crippen molar-refractivity contribution in [3.8, 4) is 11.5 Å². The van der Waals surface area contributed by atoms with E-state index in [0.717, 1.165) is 22.9 Å². The number of hydrogen-bond donors (Lipinski definition) is 0. The lowest BCUT2D eigenvalue weighted by Gasteiger charge is -2.24. The number of rotatable bonds is 6. The number of carbonyl (C=O) groups is 1. The highest BCUT2D eigenvalue weighted by Crippen LogP contribution is 2.29. The molecule has 6 heteroatoms. The first kappa shape index (κ1) is 17.9. The minimum absolute atomic E-state index is 0.209. The van der Waals surface area contributed by atoms with Crippen LogP contribution in [0.2, 0.25) is 0 Å². The van der Waals surface area contributed by atoms with Gasteiger partial charge in [0.1, 0.15) is 17.5 Å². The Bertz CT molecular complexity index is 730. The van der Waals surface area contributed by atoms with Gasteiger partial charge in [0.05, 0.1) is 34.0 Å². The monoisotopic (exact) mass is 356 g/mol. The van der Waals surface area contributed by atoms with Gasteiger partial charge in [0.25, 0.3) is 0 Å². The Balaban J connectivity index is 1.85. The zero-order valence-electron chi connectivity index (χ0n) is 15.3. The number of carbonyl (C=O) groups excluding carboxylic acids is 1. The van der Waals surface area contributed by atoms with Crippen molar-refractivity contribution in [2.75, 3.05) is 43.8 Å². The highest BCUT2D eigenvalue weighted by Gasteiger charge is 2.36. The van der Waals surface area contributed by atoms with E-state index in [1.54, 1.807) is 14.2 Å². The highest BCUT2D eigenvalue weighted by atomic mass is 16.5. The molecular weight excluding hydrogens is 332 g/mol. The molecule has 1 unspecified atom stereocenters. The summed E-state index contributed by atoms with van der Waals surface area (Å²) in [6.07, 6.45) is 0. The molecule has 0 spiro atoms. The molecule has 1 aliphatic rings. The molecule has 6 nitrogen and oxygen atoms in total. The van der Waals surface area contributed by atoms with Crippen LogP contribution in [0.5, 0.6) is 11.5 Å². The molecule has 26 heavy (non-hydrogen) atoms. The largest absolute Gasteiger partial charge is 0.497 e. The zero-order valence-corrected chi connectivity index (χ0v) is 15.3. The van der Waals surface area contributed by atoms with Gasteiger partial charge in [0, 0.05) is 11.4 Å². The molecule has 0 aliphatic carbocycles. The first-order valence-corrected chi connectivity index (χ1v) is 8.62. The Morgan fingerprint density at radius 2 is 1.50 bits per heavy atom. The molecule has 0 radical (unpaired) electrons. The van der Waals surface area contributed by atoms with Gasteiger partial charge in [-0.3, -0.25) is 0 Å². The van der Waals surface area contributed by atoms with Crippen LogP contribution in [0.1, 0.15) is 6.92 Å². The van der Waals surface area contributed by atoms with Crippen LogP contribution in [-0.2, 0) is 9.53 Å². The molecule has 2 aromatic carbocycles. The molecule has 1 heterocycles. The number of benzene rings is 2. The van der Waals surface area contributed by atoms with Gasteiger partial charge in [-0.2, -0.15) is 0 Å². The van der Waals surface area contributed by atoms with Crippen LogP contribution in [0.15, 0.2) is 48.5 Å². The van der Waals surface area contributed by atoms with Gasteiger partial charge in [-0.15, -0.1) is 0 Å². The van der Waals surface area contributed by atoms with Crippen molar-refractivity contribution >= 4 is 17.3 Å². The van der Waals surface area contributed by atoms with Crippen LogP contribution in [0.4, 0.5) is 11.4 Å². The van der Waals surface area contributed by atoms with Crippen molar-refractivity contribution in [2.24, 2.45) is 0 Å². The Morgan fingerprint density at radius 1 is 0.962 bits per heavy atom. The summed E-state index contributed by atoms with van der Waals surface area (Å²) in [7, 11) is 3.28. The second-order valence-electron chi connectivity index (χ2n) is 6.00. The summed E-state index contributed by atoms with van der Waals surface area (Å²) in [5, 5.41) is 0. The second kappa shape index (κ2) is 7.99. The maximum Gasteiger partial charge on any atom is 0.330 e. The van der Waals surface area contributed by atoms with Crippen molar-refractivity contribution in [3.05, 3.63) is 48.5 Å². The summed E-state index contributed by atoms with van der Waals surface area (Å²) in [6, 6.07) is 15.2. The average Bonchev–Trinajstić information content (AvgIpc) is 3.14. The lowest BCUT2D eigenvalue weighted by atomic mass is 10.2. The molecule has 2 aromatic rings. The van der Waals surface area contributed by atoms with E-state index in [4.69, 9.17) is 14.2 Å². The summed E-state index contributed by atoms with van der Waals surface area (Å²) in [4.78, 5) is 16.7. The van der Waals surface area contributed by atoms with Gasteiger partial charge in [0.15, 0.2) is 0 Å². The van der Waals surface area contributed by atoms with Gasteiger partial charge in [-0.25, -0.2) is 4.79 Å². The Kier molecular flexibility index (Phi) is 5.51. The first-order chi connectivity index (χ1) is 12.7. The number of nitrogens with zero attached hydrogens (tertiary/aromatic N) is 2. The van der Waals surface area contributed by atoms with Crippen LogP contribution >= 0.6 is 0 Å². The van der Waals surface area contributed by atoms with Crippen LogP contribution in [0.25, 0.3) is 0 Å². The normalized spacial score (nSPS) is 16.5. The summed E-state index contributed by atoms with van der Waals surface area (Å²) in [5.74, 6) is 1.38. The standard InChI is InChI=1S/C20H24N2O4/c1-4-26-20(23)19-13-21(15-5-9-17(24-2)10-6-15)14-22(19)16-7-11-18(25-3)12-8-16/h5-12,19H,4,13-14H2,1-3H3. The fraction of sp³-hybridized carbons (Fsp3) is 0.350. The van der Waals surface area contributed by atoms with E-state index in [1.807, 2.05) is 55.5 Å². The van der Waals surface area contributed by atoms with Gasteiger partial charge >= 0.3 is 5.97 Å². The topological polar surface area (TPSA) is 51.2 Å². The number of anilines is 2. The Morgan fingerprint density at radius 3 is 2.00 bits per heavy atom. The third-order valence-electron chi connectivity index (χ3n) is 4.49. The number of methoxy groups -OCH3 is 2. The Hall–Kier alpha value is -2.89. The lowest BCUT2D eigenvalue weighted by molar-refractivity contribution is -0.144. The lowest BCUT2D eigenvalue weighted by Crippen LogP contribution is -2.39. The van der Waals surface area contributed by atoms with Crippen LogP contribution in [0, 0.1) is 0 Å². The zero-order chi connectivity index (χ0) is 18.5. The summed E-state index contributed by atoms with van der Waals surface area (Å²) in [6.45, 7) is 3.36. The van der Waals surface area contributed by atoms with E-state index >= 15 is 0 Å². The van der Waals surface area contributed by atoms with E-state index < -0.39 is 0 Å². The molecule has 1 saturated heterocycles. The molecule has 0 saturated carbocycles. The summed E-state index contributed by atoms with van der Waals surface area (Å²) < 4.78 is 15.7. The second-order valence-corrected chi connectivity index (χ2v) is 6.00. The Labute approximate surface area is 153 Å². The summed E-state index contributed by atoms with van der Waals surface area (Å²) in [5.41, 5.74) is 2.00. The molecule has 1 aliphatic heterocycles. The third-order valence-corrected chi connectivity index (χ3v) is 4.49. The van der Waals surface area contributed by atoms with Gasteiger partial charge < -0.3 is 24.0 Å². The van der Waals surface area contributed by atoms with E-state index in [9.17, 15) is 4.79 Å². The van der Waals surface area contributed by atoms with Crippen LogP contribution in [-0.4, -0.2) is 46.1 Å². The smallest absolute Gasteiger partial charge is 0.330 e. The van der Waals surface area contributed by atoms with Crippen molar-refractivity contribution in [1.29, 1.82) is 0 Å². The molecule has 1 fully saturated rings. The van der Waals surface area contributed by atoms with E-state index in [-0.39, 0.29) is 12.0 Å².